The highest BCUT2D eigenvalue weighted by Crippen LogP contribution is 2.48. The summed E-state index contributed by atoms with van der Waals surface area (Å²) in [5.74, 6) is 0.274. The summed E-state index contributed by atoms with van der Waals surface area (Å²) < 4.78 is 13.0. The third-order valence-electron chi connectivity index (χ3n) is 4.72. The Labute approximate surface area is 136 Å². The predicted molar refractivity (Wildman–Crippen MR) is 89.5 cm³/mol. The largest absolute Gasteiger partial charge is 0.338 e. The molecule has 23 heavy (non-hydrogen) atoms. The fourth-order valence-electron chi connectivity index (χ4n) is 3.12. The summed E-state index contributed by atoms with van der Waals surface area (Å²) in [6, 6.07) is 14.7. The Hall–Kier alpha value is -2.16. The molecule has 120 valence electrons. The van der Waals surface area contributed by atoms with Gasteiger partial charge in [-0.25, -0.2) is 4.39 Å². The fraction of sp³-hybridized carbons (Fsp3) is 0.350. The number of hydrogen-bond donors (Lipinski definition) is 0. The second-order valence-corrected chi connectivity index (χ2v) is 6.28. The lowest BCUT2D eigenvalue weighted by molar-refractivity contribution is -0.133. The molecule has 0 N–H and O–H groups in total. The van der Waals surface area contributed by atoms with Crippen molar-refractivity contribution in [2.24, 2.45) is 5.92 Å². The van der Waals surface area contributed by atoms with Crippen molar-refractivity contribution in [3.8, 4) is 0 Å². The number of amides is 1. The monoisotopic (exact) mass is 311 g/mol. The van der Waals surface area contributed by atoms with Gasteiger partial charge in [0.1, 0.15) is 5.82 Å². The summed E-state index contributed by atoms with van der Waals surface area (Å²) in [6.07, 6.45) is 0.870. The predicted octanol–water partition coefficient (Wildman–Crippen LogP) is 4.29. The van der Waals surface area contributed by atoms with Gasteiger partial charge < -0.3 is 4.90 Å². The van der Waals surface area contributed by atoms with Gasteiger partial charge in [0.25, 0.3) is 0 Å². The molecule has 1 saturated carbocycles. The summed E-state index contributed by atoms with van der Waals surface area (Å²) in [5.41, 5.74) is 3.48. The minimum Gasteiger partial charge on any atom is -0.338 e. The lowest BCUT2D eigenvalue weighted by atomic mass is 10.1. The Morgan fingerprint density at radius 3 is 2.52 bits per heavy atom. The summed E-state index contributed by atoms with van der Waals surface area (Å²) in [7, 11) is 0. The van der Waals surface area contributed by atoms with E-state index in [9.17, 15) is 9.18 Å². The molecule has 1 amide bonds. The van der Waals surface area contributed by atoms with Crippen molar-refractivity contribution in [3.63, 3.8) is 0 Å². The lowest BCUT2D eigenvalue weighted by Gasteiger charge is -2.22. The van der Waals surface area contributed by atoms with Crippen molar-refractivity contribution in [1.82, 2.24) is 4.90 Å². The molecule has 0 aromatic heterocycles. The smallest absolute Gasteiger partial charge is 0.226 e. The van der Waals surface area contributed by atoms with Crippen LogP contribution in [0.3, 0.4) is 0 Å². The van der Waals surface area contributed by atoms with Crippen LogP contribution < -0.4 is 0 Å². The van der Waals surface area contributed by atoms with E-state index in [2.05, 4.69) is 19.1 Å². The van der Waals surface area contributed by atoms with Crippen molar-refractivity contribution in [2.45, 2.75) is 32.7 Å². The molecule has 2 aromatic carbocycles. The maximum Gasteiger partial charge on any atom is 0.226 e. The number of carbonyl (C=O) groups is 1. The third kappa shape index (κ3) is 3.44. The molecular formula is C20H22FNO. The van der Waals surface area contributed by atoms with Gasteiger partial charge in [-0.1, -0.05) is 36.4 Å². The van der Waals surface area contributed by atoms with Crippen LogP contribution in [0.4, 0.5) is 4.39 Å². The van der Waals surface area contributed by atoms with E-state index in [-0.39, 0.29) is 23.6 Å². The van der Waals surface area contributed by atoms with Gasteiger partial charge in [0.05, 0.1) is 0 Å². The first-order valence-corrected chi connectivity index (χ1v) is 8.19. The minimum atomic E-state index is -0.230. The molecule has 0 saturated heterocycles. The van der Waals surface area contributed by atoms with Crippen LogP contribution in [0.15, 0.2) is 48.5 Å². The number of aryl methyl sites for hydroxylation is 1. The van der Waals surface area contributed by atoms with Crippen LogP contribution in [-0.2, 0) is 11.3 Å². The molecule has 1 aliphatic carbocycles. The quantitative estimate of drug-likeness (QED) is 0.807. The Balaban J connectivity index is 1.67. The van der Waals surface area contributed by atoms with Crippen molar-refractivity contribution in [1.29, 1.82) is 0 Å². The molecule has 0 spiro atoms. The highest BCUT2D eigenvalue weighted by atomic mass is 19.1. The van der Waals surface area contributed by atoms with Crippen molar-refractivity contribution >= 4 is 5.91 Å². The van der Waals surface area contributed by atoms with Crippen LogP contribution >= 0.6 is 0 Å². The van der Waals surface area contributed by atoms with Crippen LogP contribution in [0, 0.1) is 18.7 Å². The minimum absolute atomic E-state index is 0.0458. The van der Waals surface area contributed by atoms with Crippen LogP contribution in [0.1, 0.15) is 36.0 Å². The van der Waals surface area contributed by atoms with Crippen molar-refractivity contribution in [3.05, 3.63) is 71.0 Å². The van der Waals surface area contributed by atoms with E-state index >= 15 is 0 Å². The highest BCUT2D eigenvalue weighted by molar-refractivity contribution is 5.83. The van der Waals surface area contributed by atoms with Crippen LogP contribution in [0.25, 0.3) is 0 Å². The van der Waals surface area contributed by atoms with E-state index in [1.807, 2.05) is 24.0 Å². The summed E-state index contributed by atoms with van der Waals surface area (Å²) in [5, 5.41) is 0. The maximum atomic E-state index is 13.0. The Bertz CT molecular complexity index is 695. The summed E-state index contributed by atoms with van der Waals surface area (Å²) in [4.78, 5) is 14.7. The molecule has 0 bridgehead atoms. The van der Waals surface area contributed by atoms with E-state index in [1.54, 1.807) is 12.1 Å². The number of halogens is 1. The molecule has 2 unspecified atom stereocenters. The first kappa shape index (κ1) is 15.7. The zero-order valence-electron chi connectivity index (χ0n) is 13.6. The second kappa shape index (κ2) is 6.53. The van der Waals surface area contributed by atoms with E-state index < -0.39 is 0 Å². The van der Waals surface area contributed by atoms with Gasteiger partial charge in [0.15, 0.2) is 0 Å². The van der Waals surface area contributed by atoms with Crippen LogP contribution in [0.5, 0.6) is 0 Å². The molecule has 3 heteroatoms. The average Bonchev–Trinajstić information content (AvgIpc) is 3.35. The Kier molecular flexibility index (Phi) is 4.46. The average molecular weight is 311 g/mol. The van der Waals surface area contributed by atoms with Crippen molar-refractivity contribution in [2.75, 3.05) is 6.54 Å². The molecule has 1 fully saturated rings. The van der Waals surface area contributed by atoms with Crippen molar-refractivity contribution < 1.29 is 9.18 Å². The number of nitrogens with zero attached hydrogens (tertiary/aromatic N) is 1. The standard InChI is InChI=1S/C20H22FNO/c1-3-22(13-16-7-5-4-6-14(16)2)20(23)19-12-18(19)15-8-10-17(21)11-9-15/h4-11,18-19H,3,12-13H2,1-2H3. The molecule has 2 aromatic rings. The molecule has 0 aliphatic heterocycles. The van der Waals surface area contributed by atoms with Gasteiger partial charge in [0.2, 0.25) is 5.91 Å². The normalized spacial score (nSPS) is 19.4. The number of benzene rings is 2. The van der Waals surface area contributed by atoms with Gasteiger partial charge in [-0.05, 0) is 55.0 Å². The number of hydrogen-bond acceptors (Lipinski definition) is 1. The van der Waals surface area contributed by atoms with Gasteiger partial charge in [-0.3, -0.25) is 4.79 Å². The van der Waals surface area contributed by atoms with Gasteiger partial charge in [0, 0.05) is 19.0 Å². The first-order chi connectivity index (χ1) is 11.1. The molecule has 0 radical (unpaired) electrons. The van der Waals surface area contributed by atoms with E-state index in [0.29, 0.717) is 13.1 Å². The van der Waals surface area contributed by atoms with E-state index in [1.165, 1.54) is 23.3 Å². The third-order valence-corrected chi connectivity index (χ3v) is 4.72. The topological polar surface area (TPSA) is 20.3 Å². The highest BCUT2D eigenvalue weighted by Gasteiger charge is 2.45. The first-order valence-electron chi connectivity index (χ1n) is 8.19. The van der Waals surface area contributed by atoms with E-state index in [4.69, 9.17) is 0 Å². The number of carbonyl (C=O) groups excluding carboxylic acids is 1. The fourth-order valence-corrected chi connectivity index (χ4v) is 3.12. The summed E-state index contributed by atoms with van der Waals surface area (Å²) in [6.45, 7) is 5.46. The van der Waals surface area contributed by atoms with Gasteiger partial charge >= 0.3 is 0 Å². The SMILES string of the molecule is CCN(Cc1ccccc1C)C(=O)C1CC1c1ccc(F)cc1. The molecule has 0 heterocycles. The lowest BCUT2D eigenvalue weighted by Crippen LogP contribution is -2.32. The molecule has 3 rings (SSSR count). The Morgan fingerprint density at radius 1 is 1.17 bits per heavy atom. The maximum absolute atomic E-state index is 13.0. The molecule has 1 aliphatic rings. The zero-order chi connectivity index (χ0) is 16.4. The van der Waals surface area contributed by atoms with E-state index in [0.717, 1.165) is 12.0 Å². The van der Waals surface area contributed by atoms with Gasteiger partial charge in [-0.15, -0.1) is 0 Å². The van der Waals surface area contributed by atoms with Crippen LogP contribution in [-0.4, -0.2) is 17.4 Å². The molecule has 2 atom stereocenters. The zero-order valence-corrected chi connectivity index (χ0v) is 13.6. The second-order valence-electron chi connectivity index (χ2n) is 6.28. The molecular weight excluding hydrogens is 289 g/mol. The molecule has 2 nitrogen and oxygen atoms in total. The number of rotatable bonds is 5. The van der Waals surface area contributed by atoms with Crippen LogP contribution in [0.2, 0.25) is 0 Å². The summed E-state index contributed by atoms with van der Waals surface area (Å²) >= 11 is 0. The van der Waals surface area contributed by atoms with Gasteiger partial charge in [-0.2, -0.15) is 0 Å². The Morgan fingerprint density at radius 2 is 1.87 bits per heavy atom.